The molecule has 0 aliphatic carbocycles. The molecule has 5 heteroatoms. The number of likely N-dealkylation sites (tertiary alicyclic amines) is 1. The molecule has 1 atom stereocenters. The van der Waals surface area contributed by atoms with Gasteiger partial charge < -0.3 is 11.1 Å². The molecule has 1 saturated heterocycles. The highest BCUT2D eigenvalue weighted by Gasteiger charge is 2.17. The Kier molecular flexibility index (Phi) is 4.74. The normalized spacial score (nSPS) is 17.9. The van der Waals surface area contributed by atoms with Crippen molar-refractivity contribution in [2.75, 3.05) is 25.0 Å². The van der Waals surface area contributed by atoms with E-state index in [4.69, 9.17) is 5.73 Å². The Bertz CT molecular complexity index is 429. The summed E-state index contributed by atoms with van der Waals surface area (Å²) >= 11 is 0. The molecule has 0 bridgehead atoms. The molecule has 2 heterocycles. The van der Waals surface area contributed by atoms with Crippen molar-refractivity contribution in [3.8, 4) is 0 Å². The minimum atomic E-state index is -0.443. The van der Waals surface area contributed by atoms with Crippen molar-refractivity contribution < 1.29 is 4.79 Å². The van der Waals surface area contributed by atoms with Gasteiger partial charge in [0.05, 0.1) is 5.56 Å². The zero-order chi connectivity index (χ0) is 13.7. The molecule has 1 fully saturated rings. The molecule has 1 aromatic rings. The second-order valence-electron chi connectivity index (χ2n) is 5.09. The van der Waals surface area contributed by atoms with Crippen LogP contribution in [0.5, 0.6) is 0 Å². The number of piperidine rings is 1. The fourth-order valence-corrected chi connectivity index (χ4v) is 2.48. The lowest BCUT2D eigenvalue weighted by Crippen LogP contribution is -2.41. The lowest BCUT2D eigenvalue weighted by Gasteiger charge is -2.32. The van der Waals surface area contributed by atoms with Crippen LogP contribution in [0.2, 0.25) is 0 Å². The van der Waals surface area contributed by atoms with E-state index in [0.29, 0.717) is 17.4 Å². The summed E-state index contributed by atoms with van der Waals surface area (Å²) in [5, 5.41) is 3.24. The van der Waals surface area contributed by atoms with Crippen LogP contribution in [-0.2, 0) is 0 Å². The van der Waals surface area contributed by atoms with Crippen LogP contribution in [0, 0.1) is 0 Å². The van der Waals surface area contributed by atoms with Crippen molar-refractivity contribution in [3.05, 3.63) is 23.9 Å². The predicted molar refractivity (Wildman–Crippen MR) is 76.1 cm³/mol. The maximum absolute atomic E-state index is 11.3. The third-order valence-corrected chi connectivity index (χ3v) is 3.65. The summed E-state index contributed by atoms with van der Waals surface area (Å²) in [6.07, 6.45) is 5.56. The molecular weight excluding hydrogens is 240 g/mol. The number of aromatic nitrogens is 1. The second kappa shape index (κ2) is 6.52. The van der Waals surface area contributed by atoms with Crippen LogP contribution in [0.15, 0.2) is 18.3 Å². The van der Waals surface area contributed by atoms with Crippen molar-refractivity contribution in [1.82, 2.24) is 9.88 Å². The van der Waals surface area contributed by atoms with E-state index < -0.39 is 5.91 Å². The number of carbonyl (C=O) groups is 1. The van der Waals surface area contributed by atoms with Crippen LogP contribution in [0.25, 0.3) is 0 Å². The number of hydrogen-bond donors (Lipinski definition) is 2. The van der Waals surface area contributed by atoms with E-state index >= 15 is 0 Å². The van der Waals surface area contributed by atoms with E-state index in [1.54, 1.807) is 18.3 Å². The van der Waals surface area contributed by atoms with E-state index in [2.05, 4.69) is 22.1 Å². The summed E-state index contributed by atoms with van der Waals surface area (Å²) < 4.78 is 0. The Morgan fingerprint density at radius 3 is 2.89 bits per heavy atom. The van der Waals surface area contributed by atoms with Crippen LogP contribution in [-0.4, -0.2) is 41.5 Å². The molecule has 3 N–H and O–H groups in total. The zero-order valence-electron chi connectivity index (χ0n) is 11.4. The first-order valence-electron chi connectivity index (χ1n) is 6.91. The number of carbonyl (C=O) groups excluding carboxylic acids is 1. The van der Waals surface area contributed by atoms with Gasteiger partial charge in [0, 0.05) is 18.8 Å². The molecule has 1 aliphatic heterocycles. The van der Waals surface area contributed by atoms with Crippen molar-refractivity contribution in [3.63, 3.8) is 0 Å². The fourth-order valence-electron chi connectivity index (χ4n) is 2.48. The van der Waals surface area contributed by atoms with Gasteiger partial charge in [0.2, 0.25) is 0 Å². The van der Waals surface area contributed by atoms with Crippen molar-refractivity contribution in [2.45, 2.75) is 32.2 Å². The van der Waals surface area contributed by atoms with Gasteiger partial charge in [-0.05, 0) is 45.0 Å². The lowest BCUT2D eigenvalue weighted by molar-refractivity contribution is 0.100. The summed E-state index contributed by atoms with van der Waals surface area (Å²) in [5.41, 5.74) is 5.79. The van der Waals surface area contributed by atoms with Gasteiger partial charge in [-0.25, -0.2) is 4.98 Å². The molecule has 0 saturated carbocycles. The van der Waals surface area contributed by atoms with Crippen LogP contribution in [0.1, 0.15) is 36.5 Å². The molecule has 0 spiro atoms. The van der Waals surface area contributed by atoms with E-state index in [1.807, 2.05) is 0 Å². The zero-order valence-corrected chi connectivity index (χ0v) is 11.4. The average molecular weight is 262 g/mol. The number of hydrogen-bond acceptors (Lipinski definition) is 4. The molecule has 1 unspecified atom stereocenters. The molecule has 0 aromatic carbocycles. The molecule has 1 amide bonds. The van der Waals surface area contributed by atoms with Crippen molar-refractivity contribution in [1.29, 1.82) is 0 Å². The molecule has 5 nitrogen and oxygen atoms in total. The highest BCUT2D eigenvalue weighted by Crippen LogP contribution is 2.14. The number of primary amides is 1. The van der Waals surface area contributed by atoms with Gasteiger partial charge in [-0.3, -0.25) is 9.69 Å². The smallest absolute Gasteiger partial charge is 0.252 e. The maximum Gasteiger partial charge on any atom is 0.252 e. The first kappa shape index (κ1) is 13.8. The topological polar surface area (TPSA) is 71.2 Å². The van der Waals surface area contributed by atoms with Gasteiger partial charge in [0.15, 0.2) is 0 Å². The minimum absolute atomic E-state index is 0.433. The van der Waals surface area contributed by atoms with Gasteiger partial charge in [0.25, 0.3) is 5.91 Å². The highest BCUT2D eigenvalue weighted by atomic mass is 16.1. The third-order valence-electron chi connectivity index (χ3n) is 3.65. The number of nitrogens with zero attached hydrogens (tertiary/aromatic N) is 2. The molecule has 0 radical (unpaired) electrons. The van der Waals surface area contributed by atoms with E-state index in [0.717, 1.165) is 19.6 Å². The Balaban J connectivity index is 1.92. The lowest BCUT2D eigenvalue weighted by atomic mass is 10.1. The summed E-state index contributed by atoms with van der Waals surface area (Å²) in [6.45, 7) is 5.30. The van der Waals surface area contributed by atoms with Gasteiger partial charge >= 0.3 is 0 Å². The van der Waals surface area contributed by atoms with Crippen molar-refractivity contribution >= 4 is 11.7 Å². The van der Waals surface area contributed by atoms with Gasteiger partial charge in [0.1, 0.15) is 5.82 Å². The number of pyridine rings is 1. The molecule has 104 valence electrons. The second-order valence-corrected chi connectivity index (χ2v) is 5.09. The Morgan fingerprint density at radius 2 is 2.21 bits per heavy atom. The molecular formula is C14H22N4O. The SMILES string of the molecule is CC(CNc1ncccc1C(N)=O)N1CCCCC1. The molecule has 2 rings (SSSR count). The van der Waals surface area contributed by atoms with Crippen LogP contribution >= 0.6 is 0 Å². The quantitative estimate of drug-likeness (QED) is 0.843. The van der Waals surface area contributed by atoms with E-state index in [-0.39, 0.29) is 0 Å². The van der Waals surface area contributed by atoms with E-state index in [9.17, 15) is 4.79 Å². The first-order valence-corrected chi connectivity index (χ1v) is 6.91. The summed E-state index contributed by atoms with van der Waals surface area (Å²) in [4.78, 5) is 18.0. The maximum atomic E-state index is 11.3. The first-order chi connectivity index (χ1) is 9.18. The number of nitrogens with two attached hydrogens (primary N) is 1. The fraction of sp³-hybridized carbons (Fsp3) is 0.571. The number of nitrogens with one attached hydrogen (secondary N) is 1. The molecule has 1 aliphatic rings. The number of rotatable bonds is 5. The largest absolute Gasteiger partial charge is 0.368 e. The standard InChI is InChI=1S/C14H22N4O/c1-11(18-8-3-2-4-9-18)10-17-14-12(13(15)19)6-5-7-16-14/h5-7,11H,2-4,8-10H2,1H3,(H2,15,19)(H,16,17). The molecule has 19 heavy (non-hydrogen) atoms. The number of anilines is 1. The average Bonchev–Trinajstić information content (AvgIpc) is 2.46. The van der Waals surface area contributed by atoms with Crippen molar-refractivity contribution in [2.24, 2.45) is 5.73 Å². The Labute approximate surface area is 114 Å². The monoisotopic (exact) mass is 262 g/mol. The predicted octanol–water partition coefficient (Wildman–Crippen LogP) is 1.47. The van der Waals surface area contributed by atoms with E-state index in [1.165, 1.54) is 19.3 Å². The summed E-state index contributed by atoms with van der Waals surface area (Å²) in [5.74, 6) is 0.139. The third kappa shape index (κ3) is 3.67. The summed E-state index contributed by atoms with van der Waals surface area (Å²) in [6, 6.07) is 3.85. The highest BCUT2D eigenvalue weighted by molar-refractivity contribution is 5.97. The Hall–Kier alpha value is -1.62. The minimum Gasteiger partial charge on any atom is -0.368 e. The van der Waals surface area contributed by atoms with Gasteiger partial charge in [-0.15, -0.1) is 0 Å². The van der Waals surface area contributed by atoms with Crippen LogP contribution < -0.4 is 11.1 Å². The van der Waals surface area contributed by atoms with Gasteiger partial charge in [-0.2, -0.15) is 0 Å². The number of amides is 1. The van der Waals surface area contributed by atoms with Crippen LogP contribution in [0.4, 0.5) is 5.82 Å². The summed E-state index contributed by atoms with van der Waals surface area (Å²) in [7, 11) is 0. The molecule has 1 aromatic heterocycles. The van der Waals surface area contributed by atoms with Crippen LogP contribution in [0.3, 0.4) is 0 Å². The van der Waals surface area contributed by atoms with Gasteiger partial charge in [-0.1, -0.05) is 6.42 Å². The Morgan fingerprint density at radius 1 is 1.47 bits per heavy atom.